The largest absolute Gasteiger partial charge is 0.309 e. The van der Waals surface area contributed by atoms with Gasteiger partial charge in [-0.2, -0.15) is 0 Å². The zero-order chi connectivity index (χ0) is 13.7. The van der Waals surface area contributed by atoms with E-state index in [-0.39, 0.29) is 0 Å². The Balaban J connectivity index is 2.10. The third-order valence-corrected chi connectivity index (χ3v) is 4.40. The van der Waals surface area contributed by atoms with E-state index in [9.17, 15) is 0 Å². The second-order valence-corrected chi connectivity index (χ2v) is 5.67. The van der Waals surface area contributed by atoms with Crippen LogP contribution in [-0.2, 0) is 0 Å². The van der Waals surface area contributed by atoms with Gasteiger partial charge in [0.25, 0.3) is 0 Å². The van der Waals surface area contributed by atoms with E-state index in [1.54, 1.807) is 0 Å². The number of aryl methyl sites for hydroxylation is 1. The quantitative estimate of drug-likeness (QED) is 0.842. The summed E-state index contributed by atoms with van der Waals surface area (Å²) in [7, 11) is 0. The minimum atomic E-state index is 0.471. The molecule has 0 radical (unpaired) electrons. The van der Waals surface area contributed by atoms with Crippen LogP contribution in [0.4, 0.5) is 0 Å². The van der Waals surface area contributed by atoms with Gasteiger partial charge in [0, 0.05) is 18.6 Å². The Bertz CT molecular complexity index is 389. The van der Waals surface area contributed by atoms with E-state index >= 15 is 0 Å². The van der Waals surface area contributed by atoms with E-state index in [1.165, 1.54) is 36.9 Å². The molecule has 2 unspecified atom stereocenters. The minimum absolute atomic E-state index is 0.471. The van der Waals surface area contributed by atoms with Crippen molar-refractivity contribution in [3.63, 3.8) is 0 Å². The molecule has 1 aromatic rings. The molecule has 1 fully saturated rings. The lowest BCUT2D eigenvalue weighted by atomic mass is 10.0. The Hall–Kier alpha value is -0.860. The molecule has 106 valence electrons. The first kappa shape index (κ1) is 14.5. The molecule has 1 saturated heterocycles. The van der Waals surface area contributed by atoms with Crippen molar-refractivity contribution in [2.45, 2.75) is 52.1 Å². The fourth-order valence-corrected chi connectivity index (χ4v) is 3.33. The molecule has 1 heterocycles. The van der Waals surface area contributed by atoms with Gasteiger partial charge in [-0.3, -0.25) is 4.90 Å². The maximum Gasteiger partial charge on any atom is 0.0451 e. The van der Waals surface area contributed by atoms with Crippen molar-refractivity contribution in [1.29, 1.82) is 0 Å². The molecule has 1 N–H and O–H groups in total. The highest BCUT2D eigenvalue weighted by molar-refractivity contribution is 5.29. The lowest BCUT2D eigenvalue weighted by Crippen LogP contribution is -2.38. The van der Waals surface area contributed by atoms with Crippen molar-refractivity contribution < 1.29 is 0 Å². The molecule has 1 aliphatic heterocycles. The molecular formula is C17H28N2. The van der Waals surface area contributed by atoms with Gasteiger partial charge in [0.2, 0.25) is 0 Å². The number of nitrogens with zero attached hydrogens (tertiary/aromatic N) is 1. The zero-order valence-electron chi connectivity index (χ0n) is 12.7. The highest BCUT2D eigenvalue weighted by Gasteiger charge is 2.26. The van der Waals surface area contributed by atoms with Gasteiger partial charge in [0.15, 0.2) is 0 Å². The molecule has 2 rings (SSSR count). The van der Waals surface area contributed by atoms with Crippen LogP contribution in [0, 0.1) is 6.92 Å². The predicted octanol–water partition coefficient (Wildman–Crippen LogP) is 3.52. The molecule has 1 aromatic carbocycles. The molecule has 0 spiro atoms. The van der Waals surface area contributed by atoms with Gasteiger partial charge in [-0.25, -0.2) is 0 Å². The molecule has 0 amide bonds. The standard InChI is InChI=1S/C17H28N2/c1-4-15-10-8-12-19(15)13-17(18-5-2)16-11-7-6-9-14(16)3/h6-7,9,11,15,17-18H,4-5,8,10,12-13H2,1-3H3. The SMILES string of the molecule is CCNC(CN1CCCC1CC)c1ccccc1C. The van der Waals surface area contributed by atoms with Crippen LogP contribution in [0.1, 0.15) is 50.3 Å². The summed E-state index contributed by atoms with van der Waals surface area (Å²) in [6.07, 6.45) is 4.03. The first-order valence-electron chi connectivity index (χ1n) is 7.79. The van der Waals surface area contributed by atoms with Gasteiger partial charge < -0.3 is 5.32 Å². The molecule has 2 atom stereocenters. The van der Waals surface area contributed by atoms with E-state index in [1.807, 2.05) is 0 Å². The Morgan fingerprint density at radius 2 is 2.11 bits per heavy atom. The number of benzene rings is 1. The van der Waals surface area contributed by atoms with E-state index in [0.717, 1.165) is 19.1 Å². The number of nitrogens with one attached hydrogen (secondary N) is 1. The molecular weight excluding hydrogens is 232 g/mol. The van der Waals surface area contributed by atoms with Crippen molar-refractivity contribution >= 4 is 0 Å². The highest BCUT2D eigenvalue weighted by atomic mass is 15.2. The first-order valence-corrected chi connectivity index (χ1v) is 7.79. The van der Waals surface area contributed by atoms with Crippen molar-refractivity contribution in [1.82, 2.24) is 10.2 Å². The lowest BCUT2D eigenvalue weighted by molar-refractivity contribution is 0.221. The van der Waals surface area contributed by atoms with Crippen LogP contribution in [0.15, 0.2) is 24.3 Å². The van der Waals surface area contributed by atoms with Gasteiger partial charge in [-0.15, -0.1) is 0 Å². The normalized spacial score (nSPS) is 21.7. The van der Waals surface area contributed by atoms with Crippen molar-refractivity contribution in [2.24, 2.45) is 0 Å². The van der Waals surface area contributed by atoms with Crippen molar-refractivity contribution in [2.75, 3.05) is 19.6 Å². The molecule has 0 aliphatic carbocycles. The first-order chi connectivity index (χ1) is 9.26. The maximum absolute atomic E-state index is 3.67. The summed E-state index contributed by atoms with van der Waals surface area (Å²) < 4.78 is 0. The van der Waals surface area contributed by atoms with Crippen LogP contribution in [0.25, 0.3) is 0 Å². The van der Waals surface area contributed by atoms with E-state index in [2.05, 4.69) is 55.3 Å². The Morgan fingerprint density at radius 3 is 2.79 bits per heavy atom. The minimum Gasteiger partial charge on any atom is -0.309 e. The van der Waals surface area contributed by atoms with Crippen LogP contribution in [-0.4, -0.2) is 30.6 Å². The van der Waals surface area contributed by atoms with Crippen molar-refractivity contribution in [3.8, 4) is 0 Å². The summed E-state index contributed by atoms with van der Waals surface area (Å²) in [5.41, 5.74) is 2.87. The van der Waals surface area contributed by atoms with Crippen LogP contribution in [0.2, 0.25) is 0 Å². The van der Waals surface area contributed by atoms with Gasteiger partial charge in [-0.05, 0) is 50.4 Å². The zero-order valence-corrected chi connectivity index (χ0v) is 12.7. The van der Waals surface area contributed by atoms with Crippen LogP contribution in [0.3, 0.4) is 0 Å². The summed E-state index contributed by atoms with van der Waals surface area (Å²) in [6, 6.07) is 10.1. The summed E-state index contributed by atoms with van der Waals surface area (Å²) in [4.78, 5) is 2.68. The lowest BCUT2D eigenvalue weighted by Gasteiger charge is -2.30. The third kappa shape index (κ3) is 3.58. The third-order valence-electron chi connectivity index (χ3n) is 4.40. The van der Waals surface area contributed by atoms with Crippen LogP contribution in [0.5, 0.6) is 0 Å². The smallest absolute Gasteiger partial charge is 0.0451 e. The number of rotatable bonds is 6. The summed E-state index contributed by atoms with van der Waals surface area (Å²) in [5.74, 6) is 0. The van der Waals surface area contributed by atoms with Gasteiger partial charge in [-0.1, -0.05) is 38.1 Å². The average molecular weight is 260 g/mol. The number of likely N-dealkylation sites (tertiary alicyclic amines) is 1. The van der Waals surface area contributed by atoms with Crippen LogP contribution < -0.4 is 5.32 Å². The molecule has 1 aliphatic rings. The predicted molar refractivity (Wildman–Crippen MR) is 82.5 cm³/mol. The maximum atomic E-state index is 3.67. The highest BCUT2D eigenvalue weighted by Crippen LogP contribution is 2.25. The van der Waals surface area contributed by atoms with Gasteiger partial charge >= 0.3 is 0 Å². The summed E-state index contributed by atoms with van der Waals surface area (Å²) in [5, 5.41) is 3.67. The summed E-state index contributed by atoms with van der Waals surface area (Å²) in [6.45, 7) is 10.2. The molecule has 19 heavy (non-hydrogen) atoms. The fraction of sp³-hybridized carbons (Fsp3) is 0.647. The Kier molecular flexibility index (Phi) is 5.41. The second kappa shape index (κ2) is 7.06. The summed E-state index contributed by atoms with van der Waals surface area (Å²) >= 11 is 0. The Labute approximate surface area is 118 Å². The number of hydrogen-bond acceptors (Lipinski definition) is 2. The molecule has 0 saturated carbocycles. The topological polar surface area (TPSA) is 15.3 Å². The molecule has 0 bridgehead atoms. The number of hydrogen-bond donors (Lipinski definition) is 1. The van der Waals surface area contributed by atoms with E-state index in [4.69, 9.17) is 0 Å². The Morgan fingerprint density at radius 1 is 1.32 bits per heavy atom. The second-order valence-electron chi connectivity index (χ2n) is 5.67. The van der Waals surface area contributed by atoms with E-state index in [0.29, 0.717) is 6.04 Å². The van der Waals surface area contributed by atoms with Crippen molar-refractivity contribution in [3.05, 3.63) is 35.4 Å². The van der Waals surface area contributed by atoms with Crippen LogP contribution >= 0.6 is 0 Å². The monoisotopic (exact) mass is 260 g/mol. The average Bonchev–Trinajstić information content (AvgIpc) is 2.86. The van der Waals surface area contributed by atoms with Gasteiger partial charge in [0.1, 0.15) is 0 Å². The molecule has 2 heteroatoms. The fourth-order valence-electron chi connectivity index (χ4n) is 3.33. The number of likely N-dealkylation sites (N-methyl/N-ethyl adjacent to an activating group) is 1. The molecule has 2 nitrogen and oxygen atoms in total. The molecule has 0 aromatic heterocycles. The van der Waals surface area contributed by atoms with Gasteiger partial charge in [0.05, 0.1) is 0 Å². The van der Waals surface area contributed by atoms with E-state index < -0.39 is 0 Å².